The third-order valence-electron chi connectivity index (χ3n) is 6.27. The molecular formula is C25H21BrN2O4S. The summed E-state index contributed by atoms with van der Waals surface area (Å²) < 4.78 is 29.7. The average molecular weight is 525 g/mol. The summed E-state index contributed by atoms with van der Waals surface area (Å²) in [6, 6.07) is 19.1. The maximum atomic E-state index is 13.1. The molecule has 0 fully saturated rings. The molecule has 1 aliphatic carbocycles. The van der Waals surface area contributed by atoms with Crippen LogP contribution in [0.15, 0.2) is 88.3 Å². The third kappa shape index (κ3) is 4.05. The van der Waals surface area contributed by atoms with Gasteiger partial charge in [0.15, 0.2) is 0 Å². The van der Waals surface area contributed by atoms with Gasteiger partial charge in [-0.05, 0) is 72.0 Å². The van der Waals surface area contributed by atoms with Gasteiger partial charge in [0.1, 0.15) is 0 Å². The predicted octanol–water partition coefficient (Wildman–Crippen LogP) is 5.77. The number of anilines is 2. The monoisotopic (exact) mass is 524 g/mol. The minimum absolute atomic E-state index is 0.0940. The van der Waals surface area contributed by atoms with E-state index in [1.54, 1.807) is 12.1 Å². The molecule has 0 saturated heterocycles. The summed E-state index contributed by atoms with van der Waals surface area (Å²) in [6.07, 6.45) is 5.25. The van der Waals surface area contributed by atoms with Gasteiger partial charge in [-0.15, -0.1) is 0 Å². The molecule has 168 valence electrons. The van der Waals surface area contributed by atoms with E-state index in [9.17, 15) is 13.2 Å². The van der Waals surface area contributed by atoms with E-state index in [1.807, 2.05) is 24.3 Å². The molecule has 0 aromatic heterocycles. The molecule has 1 aliphatic heterocycles. The Labute approximate surface area is 200 Å². The highest BCUT2D eigenvalue weighted by Crippen LogP contribution is 2.51. The van der Waals surface area contributed by atoms with E-state index in [2.05, 4.69) is 44.2 Å². The van der Waals surface area contributed by atoms with Crippen molar-refractivity contribution >= 4 is 43.3 Å². The smallest absolute Gasteiger partial charge is 0.335 e. The molecule has 3 N–H and O–H groups in total. The predicted molar refractivity (Wildman–Crippen MR) is 131 cm³/mol. The maximum absolute atomic E-state index is 13.1. The number of carboxylic acids is 1. The molecule has 0 spiro atoms. The molecule has 5 rings (SSSR count). The number of aromatic carboxylic acids is 1. The van der Waals surface area contributed by atoms with E-state index in [1.165, 1.54) is 29.8 Å². The fraction of sp³-hybridized carbons (Fsp3) is 0.160. The Morgan fingerprint density at radius 3 is 2.52 bits per heavy atom. The summed E-state index contributed by atoms with van der Waals surface area (Å²) in [6.45, 7) is 0. The van der Waals surface area contributed by atoms with E-state index in [-0.39, 0.29) is 28.3 Å². The third-order valence-corrected chi connectivity index (χ3v) is 8.37. The number of carboxylic acid groups (broad SMARTS) is 1. The minimum atomic E-state index is -3.84. The van der Waals surface area contributed by atoms with E-state index in [4.69, 9.17) is 5.11 Å². The number of rotatable bonds is 5. The molecule has 0 amide bonds. The molecule has 3 aromatic rings. The van der Waals surface area contributed by atoms with E-state index in [0.717, 1.165) is 22.1 Å². The number of nitrogens with one attached hydrogen (secondary N) is 2. The van der Waals surface area contributed by atoms with Gasteiger partial charge in [0.05, 0.1) is 16.5 Å². The van der Waals surface area contributed by atoms with E-state index >= 15 is 0 Å². The Morgan fingerprint density at radius 2 is 1.79 bits per heavy atom. The van der Waals surface area contributed by atoms with Gasteiger partial charge in [-0.2, -0.15) is 0 Å². The summed E-state index contributed by atoms with van der Waals surface area (Å²) >= 11 is 3.67. The summed E-state index contributed by atoms with van der Waals surface area (Å²) in [4.78, 5) is 11.2. The first-order valence-electron chi connectivity index (χ1n) is 10.5. The van der Waals surface area contributed by atoms with Crippen molar-refractivity contribution in [1.82, 2.24) is 0 Å². The molecule has 0 unspecified atom stereocenters. The second-order valence-electron chi connectivity index (χ2n) is 8.23. The lowest BCUT2D eigenvalue weighted by molar-refractivity contribution is 0.0697. The lowest BCUT2D eigenvalue weighted by Gasteiger charge is -2.38. The van der Waals surface area contributed by atoms with Crippen LogP contribution in [0.5, 0.6) is 0 Å². The molecule has 3 aromatic carbocycles. The Hall–Kier alpha value is -3.10. The van der Waals surface area contributed by atoms with E-state index in [0.29, 0.717) is 5.69 Å². The highest BCUT2D eigenvalue weighted by Gasteiger charge is 2.39. The first kappa shape index (κ1) is 21.7. The Kier molecular flexibility index (Phi) is 5.50. The first-order valence-corrected chi connectivity index (χ1v) is 12.8. The summed E-state index contributed by atoms with van der Waals surface area (Å²) in [5, 5.41) is 12.7. The SMILES string of the molecule is O=C(O)c1ccc(NS(=O)(=O)c2ccc3c(c2)[C@H]2C=CC[C@H]2[C@@H](c2ccccc2Br)N3)cc1. The molecule has 0 saturated carbocycles. The highest BCUT2D eigenvalue weighted by molar-refractivity contribution is 9.10. The van der Waals surface area contributed by atoms with Gasteiger partial charge >= 0.3 is 5.97 Å². The van der Waals surface area contributed by atoms with Crippen LogP contribution in [-0.2, 0) is 10.0 Å². The fourth-order valence-corrected chi connectivity index (χ4v) is 6.29. The summed E-state index contributed by atoms with van der Waals surface area (Å²) in [5.41, 5.74) is 3.47. The Balaban J connectivity index is 1.46. The summed E-state index contributed by atoms with van der Waals surface area (Å²) in [5.74, 6) is -0.666. The van der Waals surface area contributed by atoms with Crippen molar-refractivity contribution in [2.45, 2.75) is 23.3 Å². The maximum Gasteiger partial charge on any atom is 0.335 e. The molecule has 33 heavy (non-hydrogen) atoms. The van der Waals surface area contributed by atoms with Crippen molar-refractivity contribution in [3.8, 4) is 0 Å². The van der Waals surface area contributed by atoms with Gasteiger partial charge in [0, 0.05) is 21.8 Å². The largest absolute Gasteiger partial charge is 0.478 e. The Morgan fingerprint density at radius 1 is 1.03 bits per heavy atom. The van der Waals surface area contributed by atoms with E-state index < -0.39 is 16.0 Å². The zero-order chi connectivity index (χ0) is 23.2. The van der Waals surface area contributed by atoms with Gasteiger partial charge < -0.3 is 10.4 Å². The number of hydrogen-bond donors (Lipinski definition) is 3. The molecule has 0 radical (unpaired) electrons. The highest BCUT2D eigenvalue weighted by atomic mass is 79.9. The molecule has 3 atom stereocenters. The van der Waals surface area contributed by atoms with Crippen LogP contribution in [0.1, 0.15) is 39.9 Å². The molecule has 6 nitrogen and oxygen atoms in total. The zero-order valence-corrected chi connectivity index (χ0v) is 19.8. The van der Waals surface area contributed by atoms with Crippen molar-refractivity contribution in [2.75, 3.05) is 10.0 Å². The fourth-order valence-electron chi connectivity index (χ4n) is 4.67. The first-order chi connectivity index (χ1) is 15.8. The van der Waals surface area contributed by atoms with Crippen molar-refractivity contribution in [1.29, 1.82) is 0 Å². The topological polar surface area (TPSA) is 95.5 Å². The number of benzene rings is 3. The lowest BCUT2D eigenvalue weighted by atomic mass is 9.77. The average Bonchev–Trinajstić information content (AvgIpc) is 3.29. The van der Waals surface area contributed by atoms with Crippen LogP contribution in [0.2, 0.25) is 0 Å². The van der Waals surface area contributed by atoms with Crippen LogP contribution in [0, 0.1) is 5.92 Å². The normalized spacial score (nSPS) is 21.1. The van der Waals surface area contributed by atoms with Crippen molar-refractivity contribution in [3.05, 3.63) is 100 Å². The number of hydrogen-bond acceptors (Lipinski definition) is 4. The van der Waals surface area contributed by atoms with Crippen LogP contribution in [0.25, 0.3) is 0 Å². The number of halogens is 1. The summed E-state index contributed by atoms with van der Waals surface area (Å²) in [7, 11) is -3.84. The van der Waals surface area contributed by atoms with Gasteiger partial charge in [0.2, 0.25) is 0 Å². The number of allylic oxidation sites excluding steroid dienone is 2. The molecular weight excluding hydrogens is 504 g/mol. The second kappa shape index (κ2) is 8.35. The second-order valence-corrected chi connectivity index (χ2v) is 10.8. The number of fused-ring (bicyclic) bond motifs is 3. The van der Waals surface area contributed by atoms with Crippen LogP contribution in [0.4, 0.5) is 11.4 Å². The molecule has 0 bridgehead atoms. The molecule has 1 heterocycles. The zero-order valence-electron chi connectivity index (χ0n) is 17.4. The van der Waals surface area contributed by atoms with Crippen molar-refractivity contribution in [2.24, 2.45) is 5.92 Å². The number of sulfonamides is 1. The van der Waals surface area contributed by atoms with Crippen molar-refractivity contribution < 1.29 is 18.3 Å². The van der Waals surface area contributed by atoms with Crippen LogP contribution < -0.4 is 10.0 Å². The van der Waals surface area contributed by atoms with Gasteiger partial charge in [-0.25, -0.2) is 13.2 Å². The molecule has 8 heteroatoms. The Bertz CT molecular complexity index is 1370. The van der Waals surface area contributed by atoms with Crippen LogP contribution in [0.3, 0.4) is 0 Å². The number of carbonyl (C=O) groups is 1. The van der Waals surface area contributed by atoms with Gasteiger partial charge in [0.25, 0.3) is 10.0 Å². The minimum Gasteiger partial charge on any atom is -0.478 e. The standard InChI is InChI=1S/C25H21BrN2O4S/c26-22-7-2-1-4-20(22)24-19-6-3-5-18(19)21-14-17(12-13-23(21)27-24)33(31,32)28-16-10-8-15(9-11-16)25(29)30/h1-5,7-14,18-19,24,27-28H,6H2,(H,29,30)/t18-,19+,24-/m0/s1. The molecule has 2 aliphatic rings. The van der Waals surface area contributed by atoms with Gasteiger partial charge in [-0.3, -0.25) is 4.72 Å². The van der Waals surface area contributed by atoms with Crippen LogP contribution >= 0.6 is 15.9 Å². The quantitative estimate of drug-likeness (QED) is 0.368. The van der Waals surface area contributed by atoms with Crippen molar-refractivity contribution in [3.63, 3.8) is 0 Å². The lowest BCUT2D eigenvalue weighted by Crippen LogP contribution is -2.29. The van der Waals surface area contributed by atoms with Crippen LogP contribution in [-0.4, -0.2) is 19.5 Å². The van der Waals surface area contributed by atoms with Gasteiger partial charge in [-0.1, -0.05) is 46.3 Å².